The van der Waals surface area contributed by atoms with Gasteiger partial charge >= 0.3 is 0 Å². The van der Waals surface area contributed by atoms with Gasteiger partial charge in [0.2, 0.25) is 0 Å². The van der Waals surface area contributed by atoms with Crippen LogP contribution in [0, 0.1) is 0 Å². The molecule has 0 bridgehead atoms. The number of Topliss-reactive ketones (excluding diaryl/α,β-unsaturated/α-hetero) is 1. The van der Waals surface area contributed by atoms with Crippen LogP contribution < -0.4 is 9.64 Å². The van der Waals surface area contributed by atoms with Gasteiger partial charge in [0.1, 0.15) is 11.5 Å². The van der Waals surface area contributed by atoms with E-state index in [0.29, 0.717) is 23.6 Å². The number of amides is 1. The Morgan fingerprint density at radius 1 is 0.872 bits per heavy atom. The van der Waals surface area contributed by atoms with Crippen molar-refractivity contribution in [2.45, 2.75) is 45.6 Å². The third kappa shape index (κ3) is 5.05. The smallest absolute Gasteiger partial charge is 0.300 e. The predicted octanol–water partition coefficient (Wildman–Crippen LogP) is 7.55. The van der Waals surface area contributed by atoms with Crippen LogP contribution in [-0.4, -0.2) is 23.4 Å². The Bertz CT molecular complexity index is 1580. The van der Waals surface area contributed by atoms with Crippen molar-refractivity contribution >= 4 is 33.9 Å². The molecule has 198 valence electrons. The molecule has 0 radical (unpaired) electrons. The molecule has 5 nitrogen and oxygen atoms in total. The van der Waals surface area contributed by atoms with Crippen LogP contribution in [0.4, 0.5) is 5.69 Å². The van der Waals surface area contributed by atoms with Crippen molar-refractivity contribution in [2.75, 3.05) is 11.5 Å². The molecule has 1 aliphatic heterocycles. The van der Waals surface area contributed by atoms with Gasteiger partial charge in [0, 0.05) is 17.3 Å². The van der Waals surface area contributed by atoms with Crippen molar-refractivity contribution in [3.8, 4) is 5.75 Å². The molecule has 1 atom stereocenters. The third-order valence-electron chi connectivity index (χ3n) is 7.13. The summed E-state index contributed by atoms with van der Waals surface area (Å²) >= 11 is 0. The van der Waals surface area contributed by atoms with Crippen molar-refractivity contribution in [3.05, 3.63) is 113 Å². The lowest BCUT2D eigenvalue weighted by atomic mass is 9.85. The fraction of sp³-hybridized carbons (Fsp3) is 0.235. The molecular formula is C34H33NO4. The molecule has 39 heavy (non-hydrogen) atoms. The number of nitrogens with zero attached hydrogens (tertiary/aromatic N) is 1. The second kappa shape index (κ2) is 10.4. The monoisotopic (exact) mass is 519 g/mol. The zero-order valence-corrected chi connectivity index (χ0v) is 22.8. The van der Waals surface area contributed by atoms with E-state index >= 15 is 0 Å². The van der Waals surface area contributed by atoms with Gasteiger partial charge in [-0.2, -0.15) is 0 Å². The Morgan fingerprint density at radius 2 is 1.59 bits per heavy atom. The fourth-order valence-corrected chi connectivity index (χ4v) is 5.01. The quantitative estimate of drug-likeness (QED) is 0.162. The maximum Gasteiger partial charge on any atom is 0.300 e. The summed E-state index contributed by atoms with van der Waals surface area (Å²) < 4.78 is 5.81. The summed E-state index contributed by atoms with van der Waals surface area (Å²) in [6.07, 6.45) is 0.848. The molecule has 1 N–H and O–H groups in total. The Kier molecular flexibility index (Phi) is 7.00. The molecule has 1 heterocycles. The molecule has 1 fully saturated rings. The third-order valence-corrected chi connectivity index (χ3v) is 7.13. The molecule has 0 spiro atoms. The number of carbonyl (C=O) groups is 2. The molecule has 5 rings (SSSR count). The molecular weight excluding hydrogens is 486 g/mol. The van der Waals surface area contributed by atoms with Crippen LogP contribution in [-0.2, 0) is 15.0 Å². The van der Waals surface area contributed by atoms with Gasteiger partial charge in [0.15, 0.2) is 0 Å². The normalized spacial score (nSPS) is 17.1. The molecule has 1 unspecified atom stereocenters. The van der Waals surface area contributed by atoms with E-state index in [0.717, 1.165) is 28.3 Å². The highest BCUT2D eigenvalue weighted by atomic mass is 16.5. The van der Waals surface area contributed by atoms with Crippen LogP contribution in [0.2, 0.25) is 0 Å². The molecule has 0 saturated carbocycles. The fourth-order valence-electron chi connectivity index (χ4n) is 5.01. The molecule has 1 amide bonds. The van der Waals surface area contributed by atoms with E-state index in [-0.39, 0.29) is 16.7 Å². The van der Waals surface area contributed by atoms with Gasteiger partial charge in [-0.1, -0.05) is 94.4 Å². The Balaban J connectivity index is 1.68. The number of rotatable bonds is 6. The average Bonchev–Trinajstić information content (AvgIpc) is 3.21. The number of aliphatic hydroxyl groups excluding tert-OH is 1. The second-order valence-corrected chi connectivity index (χ2v) is 10.9. The number of fused-ring (bicyclic) bond motifs is 1. The lowest BCUT2D eigenvalue weighted by Gasteiger charge is -2.27. The highest BCUT2D eigenvalue weighted by Gasteiger charge is 2.47. The van der Waals surface area contributed by atoms with E-state index in [1.54, 1.807) is 18.2 Å². The molecule has 1 saturated heterocycles. The first-order chi connectivity index (χ1) is 18.7. The lowest BCUT2D eigenvalue weighted by Crippen LogP contribution is -2.29. The highest BCUT2D eigenvalue weighted by Crippen LogP contribution is 2.43. The number of ether oxygens (including phenoxy) is 1. The van der Waals surface area contributed by atoms with E-state index in [4.69, 9.17) is 4.74 Å². The van der Waals surface area contributed by atoms with Gasteiger partial charge in [0.05, 0.1) is 18.2 Å². The molecule has 4 aromatic carbocycles. The van der Waals surface area contributed by atoms with Gasteiger partial charge in [0.25, 0.3) is 11.7 Å². The SMILES string of the molecule is CCCOc1cccc(N2C(=O)C(=O)/C(=C(\O)c3ccc4ccccc4c3)C2c2ccc(C(C)(C)C)cc2)c1. The minimum atomic E-state index is -0.799. The Labute approximate surface area is 229 Å². The van der Waals surface area contributed by atoms with Crippen molar-refractivity contribution in [1.29, 1.82) is 0 Å². The van der Waals surface area contributed by atoms with Gasteiger partial charge in [-0.05, 0) is 51.9 Å². The number of hydrogen-bond acceptors (Lipinski definition) is 4. The average molecular weight is 520 g/mol. The van der Waals surface area contributed by atoms with Crippen molar-refractivity contribution in [3.63, 3.8) is 0 Å². The van der Waals surface area contributed by atoms with E-state index in [1.807, 2.05) is 79.7 Å². The molecule has 0 aromatic heterocycles. The minimum Gasteiger partial charge on any atom is -0.507 e. The van der Waals surface area contributed by atoms with Crippen molar-refractivity contribution in [1.82, 2.24) is 0 Å². The summed E-state index contributed by atoms with van der Waals surface area (Å²) in [7, 11) is 0. The highest BCUT2D eigenvalue weighted by molar-refractivity contribution is 6.51. The van der Waals surface area contributed by atoms with E-state index in [2.05, 4.69) is 20.8 Å². The largest absolute Gasteiger partial charge is 0.507 e. The van der Waals surface area contributed by atoms with E-state index in [1.165, 1.54) is 4.90 Å². The number of benzene rings is 4. The molecule has 0 aliphatic carbocycles. The van der Waals surface area contributed by atoms with Crippen LogP contribution in [0.5, 0.6) is 5.75 Å². The first-order valence-electron chi connectivity index (χ1n) is 13.3. The number of carbonyl (C=O) groups excluding carboxylic acids is 2. The number of hydrogen-bond donors (Lipinski definition) is 1. The molecule has 1 aliphatic rings. The molecule has 4 aromatic rings. The number of ketones is 1. The van der Waals surface area contributed by atoms with E-state index in [9.17, 15) is 14.7 Å². The van der Waals surface area contributed by atoms with Crippen LogP contribution in [0.3, 0.4) is 0 Å². The topological polar surface area (TPSA) is 66.8 Å². The van der Waals surface area contributed by atoms with Crippen LogP contribution in [0.1, 0.15) is 56.8 Å². The van der Waals surface area contributed by atoms with Gasteiger partial charge in [-0.25, -0.2) is 0 Å². The van der Waals surface area contributed by atoms with Gasteiger partial charge in [-0.15, -0.1) is 0 Å². The molecule has 5 heteroatoms. The summed E-state index contributed by atoms with van der Waals surface area (Å²) in [4.78, 5) is 28.7. The maximum atomic E-state index is 13.6. The van der Waals surface area contributed by atoms with Gasteiger partial charge < -0.3 is 9.84 Å². The number of aliphatic hydroxyl groups is 1. The van der Waals surface area contributed by atoms with Crippen molar-refractivity contribution < 1.29 is 19.4 Å². The van der Waals surface area contributed by atoms with Crippen LogP contribution in [0.15, 0.2) is 96.6 Å². The standard InChI is InChI=1S/C34H33NO4/c1-5-19-39-28-12-8-11-27(21-28)35-30(23-15-17-26(18-16-23)34(2,3)4)29(32(37)33(35)38)31(36)25-14-13-22-9-6-7-10-24(22)20-25/h6-18,20-21,30,36H,5,19H2,1-4H3/b31-29-. The predicted molar refractivity (Wildman–Crippen MR) is 156 cm³/mol. The van der Waals surface area contributed by atoms with E-state index < -0.39 is 17.7 Å². The maximum absolute atomic E-state index is 13.6. The second-order valence-electron chi connectivity index (χ2n) is 10.9. The summed E-state index contributed by atoms with van der Waals surface area (Å²) in [5, 5.41) is 13.5. The summed E-state index contributed by atoms with van der Waals surface area (Å²) in [6.45, 7) is 8.97. The first-order valence-corrected chi connectivity index (χ1v) is 13.3. The summed E-state index contributed by atoms with van der Waals surface area (Å²) in [5.41, 5.74) is 2.91. The van der Waals surface area contributed by atoms with Crippen LogP contribution >= 0.6 is 0 Å². The van der Waals surface area contributed by atoms with Crippen molar-refractivity contribution in [2.24, 2.45) is 0 Å². The minimum absolute atomic E-state index is 0.0591. The van der Waals surface area contributed by atoms with Gasteiger partial charge in [-0.3, -0.25) is 14.5 Å². The zero-order chi connectivity index (χ0) is 27.7. The van der Waals surface area contributed by atoms with Crippen LogP contribution in [0.25, 0.3) is 16.5 Å². The zero-order valence-electron chi connectivity index (χ0n) is 22.8. The Hall–Kier alpha value is -4.38. The Morgan fingerprint density at radius 3 is 2.28 bits per heavy atom. The summed E-state index contributed by atoms with van der Waals surface area (Å²) in [5.74, 6) is -0.974. The first kappa shape index (κ1) is 26.2. The number of anilines is 1. The lowest BCUT2D eigenvalue weighted by molar-refractivity contribution is -0.132. The summed E-state index contributed by atoms with van der Waals surface area (Å²) in [6, 6.07) is 27.7.